The van der Waals surface area contributed by atoms with E-state index in [1.54, 1.807) is 0 Å². The average Bonchev–Trinajstić information content (AvgIpc) is 3.31. The van der Waals surface area contributed by atoms with E-state index in [4.69, 9.17) is 0 Å². The fourth-order valence-corrected chi connectivity index (χ4v) is 4.35. The number of anilines is 2. The van der Waals surface area contributed by atoms with Gasteiger partial charge in [-0.3, -0.25) is 9.59 Å². The number of carbonyl (C=O) groups excluding carboxylic acids is 2. The first-order chi connectivity index (χ1) is 13.0. The van der Waals surface area contributed by atoms with Crippen LogP contribution >= 0.6 is 0 Å². The summed E-state index contributed by atoms with van der Waals surface area (Å²) < 4.78 is 0. The smallest absolute Gasteiger partial charge is 0.255 e. The monoisotopic (exact) mass is 362 g/mol. The Labute approximate surface area is 160 Å². The zero-order valence-electron chi connectivity index (χ0n) is 16.0. The van der Waals surface area contributed by atoms with Crippen LogP contribution in [0.2, 0.25) is 0 Å². The van der Waals surface area contributed by atoms with Crippen LogP contribution in [-0.4, -0.2) is 18.4 Å². The first kappa shape index (κ1) is 17.8. The first-order valence-corrected chi connectivity index (χ1v) is 9.86. The van der Waals surface area contributed by atoms with Gasteiger partial charge in [-0.2, -0.15) is 0 Å². The molecule has 2 aromatic rings. The summed E-state index contributed by atoms with van der Waals surface area (Å²) in [5.74, 6) is 0.313. The summed E-state index contributed by atoms with van der Waals surface area (Å²) in [5.41, 5.74) is 5.68. The number of aryl methyl sites for hydroxylation is 2. The predicted octanol–water partition coefficient (Wildman–Crippen LogP) is 4.64. The summed E-state index contributed by atoms with van der Waals surface area (Å²) >= 11 is 0. The molecule has 1 heterocycles. The van der Waals surface area contributed by atoms with Gasteiger partial charge in [-0.25, -0.2) is 0 Å². The summed E-state index contributed by atoms with van der Waals surface area (Å²) in [6.45, 7) is 4.72. The quantitative estimate of drug-likeness (QED) is 0.865. The Hall–Kier alpha value is -2.62. The summed E-state index contributed by atoms with van der Waals surface area (Å²) in [5, 5.41) is 3.00. The average molecular weight is 362 g/mol. The van der Waals surface area contributed by atoms with Crippen LogP contribution in [0.25, 0.3) is 0 Å². The van der Waals surface area contributed by atoms with E-state index in [9.17, 15) is 9.59 Å². The van der Waals surface area contributed by atoms with Gasteiger partial charge in [-0.15, -0.1) is 0 Å². The van der Waals surface area contributed by atoms with E-state index in [-0.39, 0.29) is 17.7 Å². The third-order valence-electron chi connectivity index (χ3n) is 5.84. The molecule has 27 heavy (non-hydrogen) atoms. The van der Waals surface area contributed by atoms with Gasteiger partial charge in [-0.1, -0.05) is 36.6 Å². The van der Waals surface area contributed by atoms with Crippen LogP contribution in [0.15, 0.2) is 36.4 Å². The number of hydrogen-bond donors (Lipinski definition) is 1. The molecule has 0 atom stereocenters. The van der Waals surface area contributed by atoms with Crippen LogP contribution in [0.3, 0.4) is 0 Å². The predicted molar refractivity (Wildman–Crippen MR) is 108 cm³/mol. The highest BCUT2D eigenvalue weighted by atomic mass is 16.2. The fraction of sp³-hybridized carbons (Fsp3) is 0.391. The molecule has 4 rings (SSSR count). The van der Waals surface area contributed by atoms with Crippen LogP contribution in [-0.2, 0) is 11.2 Å². The number of carbonyl (C=O) groups is 2. The van der Waals surface area contributed by atoms with Crippen molar-refractivity contribution in [2.75, 3.05) is 16.8 Å². The van der Waals surface area contributed by atoms with E-state index < -0.39 is 0 Å². The second-order valence-corrected chi connectivity index (χ2v) is 7.84. The van der Waals surface area contributed by atoms with Crippen molar-refractivity contribution in [1.82, 2.24) is 0 Å². The van der Waals surface area contributed by atoms with Gasteiger partial charge in [-0.05, 0) is 62.4 Å². The highest BCUT2D eigenvalue weighted by Gasteiger charge is 2.32. The van der Waals surface area contributed by atoms with E-state index in [0.717, 1.165) is 61.2 Å². The molecule has 2 aromatic carbocycles. The van der Waals surface area contributed by atoms with Gasteiger partial charge in [0.2, 0.25) is 5.91 Å². The second-order valence-electron chi connectivity index (χ2n) is 7.84. The lowest BCUT2D eigenvalue weighted by molar-refractivity contribution is -0.122. The van der Waals surface area contributed by atoms with Gasteiger partial charge < -0.3 is 10.2 Å². The zero-order valence-corrected chi connectivity index (χ0v) is 16.0. The lowest BCUT2D eigenvalue weighted by Crippen LogP contribution is -2.33. The topological polar surface area (TPSA) is 49.4 Å². The Kier molecular flexibility index (Phi) is 4.73. The Morgan fingerprint density at radius 1 is 1.04 bits per heavy atom. The molecule has 1 N–H and O–H groups in total. The highest BCUT2D eigenvalue weighted by Crippen LogP contribution is 2.35. The number of benzene rings is 2. The van der Waals surface area contributed by atoms with Crippen molar-refractivity contribution in [2.45, 2.75) is 46.0 Å². The summed E-state index contributed by atoms with van der Waals surface area (Å²) in [6.07, 6.45) is 5.22. The van der Waals surface area contributed by atoms with Crippen molar-refractivity contribution < 1.29 is 9.59 Å². The molecule has 1 fully saturated rings. The molecule has 2 aliphatic rings. The Morgan fingerprint density at radius 3 is 2.56 bits per heavy atom. The zero-order chi connectivity index (χ0) is 19.0. The Bertz CT molecular complexity index is 897. The number of nitrogens with zero attached hydrogens (tertiary/aromatic N) is 1. The maximum Gasteiger partial charge on any atom is 0.255 e. The molecule has 140 valence electrons. The van der Waals surface area contributed by atoms with Crippen LogP contribution < -0.4 is 10.2 Å². The van der Waals surface area contributed by atoms with E-state index in [0.29, 0.717) is 5.56 Å². The molecule has 0 unspecified atom stereocenters. The molecule has 0 aromatic heterocycles. The van der Waals surface area contributed by atoms with Crippen LogP contribution in [0.5, 0.6) is 0 Å². The maximum absolute atomic E-state index is 12.9. The molecule has 0 saturated heterocycles. The van der Waals surface area contributed by atoms with Crippen molar-refractivity contribution in [3.8, 4) is 0 Å². The molecule has 4 nitrogen and oxygen atoms in total. The normalized spacial score (nSPS) is 16.4. The van der Waals surface area contributed by atoms with E-state index in [1.165, 1.54) is 5.56 Å². The Balaban J connectivity index is 1.54. The van der Waals surface area contributed by atoms with Gasteiger partial charge in [0.05, 0.1) is 0 Å². The molecule has 4 heteroatoms. The Morgan fingerprint density at radius 2 is 1.81 bits per heavy atom. The van der Waals surface area contributed by atoms with Crippen molar-refractivity contribution in [3.63, 3.8) is 0 Å². The molecule has 0 radical (unpaired) electrons. The van der Waals surface area contributed by atoms with E-state index in [1.807, 2.05) is 55.1 Å². The molecule has 2 amide bonds. The lowest BCUT2D eigenvalue weighted by atomic mass is 10.0. The highest BCUT2D eigenvalue weighted by molar-refractivity contribution is 6.06. The molecule has 0 spiro atoms. The summed E-state index contributed by atoms with van der Waals surface area (Å²) in [7, 11) is 0. The minimum Gasteiger partial charge on any atom is -0.322 e. The summed E-state index contributed by atoms with van der Waals surface area (Å²) in [4.78, 5) is 27.5. The molecule has 1 aliphatic heterocycles. The largest absolute Gasteiger partial charge is 0.322 e. The van der Waals surface area contributed by atoms with E-state index >= 15 is 0 Å². The first-order valence-electron chi connectivity index (χ1n) is 9.86. The van der Waals surface area contributed by atoms with Gasteiger partial charge in [0.15, 0.2) is 0 Å². The lowest BCUT2D eigenvalue weighted by Gasteiger charge is -2.21. The van der Waals surface area contributed by atoms with Gasteiger partial charge in [0.1, 0.15) is 0 Å². The van der Waals surface area contributed by atoms with Crippen molar-refractivity contribution in [3.05, 3.63) is 58.7 Å². The molecule has 1 aliphatic carbocycles. The van der Waals surface area contributed by atoms with Crippen LogP contribution in [0.1, 0.15) is 52.7 Å². The molecule has 1 saturated carbocycles. The number of hydrogen-bond acceptors (Lipinski definition) is 2. The van der Waals surface area contributed by atoms with Gasteiger partial charge >= 0.3 is 0 Å². The van der Waals surface area contributed by atoms with Crippen molar-refractivity contribution in [2.24, 2.45) is 5.92 Å². The molecule has 0 bridgehead atoms. The van der Waals surface area contributed by atoms with Crippen LogP contribution in [0.4, 0.5) is 11.4 Å². The van der Waals surface area contributed by atoms with Gasteiger partial charge in [0.25, 0.3) is 5.91 Å². The number of fused-ring (bicyclic) bond motifs is 1. The third kappa shape index (κ3) is 3.48. The van der Waals surface area contributed by atoms with Crippen LogP contribution in [0, 0.1) is 19.8 Å². The number of nitrogens with one attached hydrogen (secondary N) is 1. The van der Waals surface area contributed by atoms with Crippen molar-refractivity contribution >= 4 is 23.2 Å². The maximum atomic E-state index is 12.9. The number of amides is 2. The SMILES string of the molecule is Cc1ccc(C(=O)Nc2ccc3c(c2)N(C(=O)C2CCCC2)CC3)c(C)c1. The number of rotatable bonds is 3. The minimum absolute atomic E-state index is 0.112. The van der Waals surface area contributed by atoms with E-state index in [2.05, 4.69) is 5.32 Å². The minimum atomic E-state index is -0.112. The molecular weight excluding hydrogens is 336 g/mol. The molecular formula is C23H26N2O2. The standard InChI is InChI=1S/C23H26N2O2/c1-15-7-10-20(16(2)13-15)22(26)24-19-9-8-17-11-12-25(21(17)14-19)23(27)18-5-3-4-6-18/h7-10,13-14,18H,3-6,11-12H2,1-2H3,(H,24,26). The van der Waals surface area contributed by atoms with Gasteiger partial charge in [0, 0.05) is 29.4 Å². The second kappa shape index (κ2) is 7.18. The fourth-order valence-electron chi connectivity index (χ4n) is 4.35. The summed E-state index contributed by atoms with van der Waals surface area (Å²) in [6, 6.07) is 11.8. The van der Waals surface area contributed by atoms with Crippen molar-refractivity contribution in [1.29, 1.82) is 0 Å². The third-order valence-corrected chi connectivity index (χ3v) is 5.84.